The standard InChI is InChI=1S/C21H20N4O3.CH2O2/c26-18-13-28-20(19(23-18)15-9-5-2-6-10-15)21(27)22-12-16-11-17(25-24-16)14-7-3-1-4-8-14;2-1-3/h1-11,19-20H,12-13H2,(H,22,27)(H,23,26)(H,24,25);1H,(H,2,3)/t19-,20+;/m1./s1. The van der Waals surface area contributed by atoms with E-state index in [2.05, 4.69) is 20.8 Å². The van der Waals surface area contributed by atoms with Gasteiger partial charge in [0.25, 0.3) is 12.4 Å². The third-order valence-electron chi connectivity index (χ3n) is 4.58. The average molecular weight is 422 g/mol. The highest BCUT2D eigenvalue weighted by molar-refractivity contribution is 5.86. The number of hydrogen-bond acceptors (Lipinski definition) is 5. The third-order valence-corrected chi connectivity index (χ3v) is 4.58. The van der Waals surface area contributed by atoms with Crippen LogP contribution in [0.25, 0.3) is 11.3 Å². The van der Waals surface area contributed by atoms with E-state index in [9.17, 15) is 9.59 Å². The molecule has 0 radical (unpaired) electrons. The number of morpholine rings is 1. The Bertz CT molecular complexity index is 1010. The molecule has 9 nitrogen and oxygen atoms in total. The van der Waals surface area contributed by atoms with Crippen molar-refractivity contribution in [3.05, 3.63) is 78.0 Å². The molecule has 2 amide bonds. The number of aromatic nitrogens is 2. The van der Waals surface area contributed by atoms with Crippen molar-refractivity contribution in [3.8, 4) is 11.3 Å². The van der Waals surface area contributed by atoms with E-state index >= 15 is 0 Å². The van der Waals surface area contributed by atoms with Gasteiger partial charge in [-0.3, -0.25) is 19.5 Å². The van der Waals surface area contributed by atoms with Gasteiger partial charge >= 0.3 is 0 Å². The Labute approximate surface area is 178 Å². The molecule has 2 aromatic carbocycles. The number of nitrogens with one attached hydrogen (secondary N) is 3. The van der Waals surface area contributed by atoms with Crippen molar-refractivity contribution >= 4 is 18.3 Å². The molecule has 2 atom stereocenters. The molecule has 2 heterocycles. The number of amides is 2. The third kappa shape index (κ3) is 5.77. The molecule has 1 aliphatic rings. The Balaban J connectivity index is 0.000000858. The number of ether oxygens (including phenoxy) is 1. The minimum Gasteiger partial charge on any atom is -0.483 e. The molecule has 0 bridgehead atoms. The lowest BCUT2D eigenvalue weighted by atomic mass is 9.99. The molecule has 3 aromatic rings. The topological polar surface area (TPSA) is 133 Å². The highest BCUT2D eigenvalue weighted by atomic mass is 16.5. The van der Waals surface area contributed by atoms with Crippen LogP contribution in [0.2, 0.25) is 0 Å². The maximum atomic E-state index is 12.7. The van der Waals surface area contributed by atoms with Crippen LogP contribution in [0.15, 0.2) is 66.7 Å². The van der Waals surface area contributed by atoms with E-state index in [0.717, 1.165) is 22.5 Å². The minimum absolute atomic E-state index is 0.135. The van der Waals surface area contributed by atoms with Crippen molar-refractivity contribution < 1.29 is 24.2 Å². The number of rotatable bonds is 5. The molecule has 31 heavy (non-hydrogen) atoms. The van der Waals surface area contributed by atoms with Gasteiger partial charge in [-0.1, -0.05) is 60.7 Å². The van der Waals surface area contributed by atoms with Gasteiger partial charge in [-0.25, -0.2) is 0 Å². The number of H-pyrrole nitrogens is 1. The molecule has 0 saturated carbocycles. The van der Waals surface area contributed by atoms with Crippen molar-refractivity contribution in [2.24, 2.45) is 0 Å². The predicted molar refractivity (Wildman–Crippen MR) is 112 cm³/mol. The van der Waals surface area contributed by atoms with Gasteiger partial charge in [0.1, 0.15) is 6.61 Å². The largest absolute Gasteiger partial charge is 0.483 e. The van der Waals surface area contributed by atoms with Crippen LogP contribution in [0.5, 0.6) is 0 Å². The lowest BCUT2D eigenvalue weighted by Gasteiger charge is -2.31. The smallest absolute Gasteiger partial charge is 0.290 e. The van der Waals surface area contributed by atoms with E-state index in [-0.39, 0.29) is 31.4 Å². The SMILES string of the molecule is O=C1CO[C@H](C(=O)NCc2cc(-c3ccccc3)n[nH]2)[C@@H](c2ccccc2)N1.O=CO. The van der Waals surface area contributed by atoms with E-state index < -0.39 is 12.1 Å². The zero-order valence-corrected chi connectivity index (χ0v) is 16.5. The van der Waals surface area contributed by atoms with Crippen molar-refractivity contribution in [2.75, 3.05) is 6.61 Å². The first kappa shape index (κ1) is 21.7. The first-order chi connectivity index (χ1) is 15.1. The highest BCUT2D eigenvalue weighted by Gasteiger charge is 2.35. The number of carbonyl (C=O) groups is 3. The van der Waals surface area contributed by atoms with E-state index in [1.54, 1.807) is 0 Å². The Kier molecular flexibility index (Phi) is 7.50. The van der Waals surface area contributed by atoms with Gasteiger partial charge in [-0.05, 0) is 11.6 Å². The summed E-state index contributed by atoms with van der Waals surface area (Å²) in [5.41, 5.74) is 3.42. The van der Waals surface area contributed by atoms with Crippen molar-refractivity contribution in [2.45, 2.75) is 18.7 Å². The zero-order valence-electron chi connectivity index (χ0n) is 16.5. The van der Waals surface area contributed by atoms with Crippen LogP contribution in [0.4, 0.5) is 0 Å². The Morgan fingerprint density at radius 1 is 1.16 bits per heavy atom. The molecular weight excluding hydrogens is 400 g/mol. The van der Waals surface area contributed by atoms with Crippen molar-refractivity contribution in [1.29, 1.82) is 0 Å². The fourth-order valence-corrected chi connectivity index (χ4v) is 3.19. The van der Waals surface area contributed by atoms with Crippen LogP contribution in [-0.4, -0.2) is 46.3 Å². The number of carboxylic acid groups (broad SMARTS) is 1. The van der Waals surface area contributed by atoms with Crippen LogP contribution in [0, 0.1) is 0 Å². The molecule has 1 aliphatic heterocycles. The van der Waals surface area contributed by atoms with Gasteiger partial charge in [0.15, 0.2) is 6.10 Å². The maximum Gasteiger partial charge on any atom is 0.290 e. The van der Waals surface area contributed by atoms with Gasteiger partial charge in [0.05, 0.1) is 24.0 Å². The molecule has 1 fully saturated rings. The Morgan fingerprint density at radius 2 is 1.81 bits per heavy atom. The lowest BCUT2D eigenvalue weighted by Crippen LogP contribution is -2.52. The quantitative estimate of drug-likeness (QED) is 0.462. The first-order valence-electron chi connectivity index (χ1n) is 9.53. The first-order valence-corrected chi connectivity index (χ1v) is 9.53. The van der Waals surface area contributed by atoms with Crippen molar-refractivity contribution in [3.63, 3.8) is 0 Å². The Morgan fingerprint density at radius 3 is 2.48 bits per heavy atom. The summed E-state index contributed by atoms with van der Waals surface area (Å²) in [6.45, 7) is -0.0996. The summed E-state index contributed by atoms with van der Waals surface area (Å²) in [4.78, 5) is 32.8. The van der Waals surface area contributed by atoms with Crippen molar-refractivity contribution in [1.82, 2.24) is 20.8 Å². The van der Waals surface area contributed by atoms with Gasteiger partial charge in [-0.15, -0.1) is 0 Å². The molecule has 0 spiro atoms. The number of benzene rings is 2. The number of nitrogens with zero attached hydrogens (tertiary/aromatic N) is 1. The second kappa shape index (κ2) is 10.7. The van der Waals surface area contributed by atoms with Gasteiger partial charge in [0, 0.05) is 5.56 Å². The van der Waals surface area contributed by atoms with E-state index in [1.165, 1.54) is 0 Å². The second-order valence-corrected chi connectivity index (χ2v) is 6.66. The van der Waals surface area contributed by atoms with Gasteiger partial charge < -0.3 is 20.5 Å². The number of hydrogen-bond donors (Lipinski definition) is 4. The summed E-state index contributed by atoms with van der Waals surface area (Å²) in [5, 5.41) is 19.8. The Hall–Kier alpha value is -3.98. The zero-order chi connectivity index (χ0) is 22.1. The summed E-state index contributed by atoms with van der Waals surface area (Å²) in [7, 11) is 0. The van der Waals surface area contributed by atoms with E-state index in [1.807, 2.05) is 66.7 Å². The fourth-order valence-electron chi connectivity index (χ4n) is 3.19. The summed E-state index contributed by atoms with van der Waals surface area (Å²) < 4.78 is 5.53. The second-order valence-electron chi connectivity index (χ2n) is 6.66. The molecule has 4 rings (SSSR count). The molecule has 160 valence electrons. The molecule has 4 N–H and O–H groups in total. The highest BCUT2D eigenvalue weighted by Crippen LogP contribution is 2.23. The van der Waals surface area contributed by atoms with Crippen LogP contribution >= 0.6 is 0 Å². The molecule has 0 unspecified atom stereocenters. The van der Waals surface area contributed by atoms with Crippen LogP contribution in [0.1, 0.15) is 17.3 Å². The maximum absolute atomic E-state index is 12.7. The summed E-state index contributed by atoms with van der Waals surface area (Å²) in [5.74, 6) is -0.524. The van der Waals surface area contributed by atoms with E-state index in [0.29, 0.717) is 0 Å². The van der Waals surface area contributed by atoms with Crippen LogP contribution < -0.4 is 10.6 Å². The normalized spacial score (nSPS) is 17.6. The summed E-state index contributed by atoms with van der Waals surface area (Å²) >= 11 is 0. The minimum atomic E-state index is -0.795. The average Bonchev–Trinajstić information content (AvgIpc) is 3.28. The molecule has 1 saturated heterocycles. The van der Waals surface area contributed by atoms with E-state index in [4.69, 9.17) is 14.6 Å². The predicted octanol–water partition coefficient (Wildman–Crippen LogP) is 1.65. The lowest BCUT2D eigenvalue weighted by molar-refractivity contribution is -0.148. The molecule has 9 heteroatoms. The fraction of sp³-hybridized carbons (Fsp3) is 0.182. The van der Waals surface area contributed by atoms with Crippen LogP contribution in [0.3, 0.4) is 0 Å². The van der Waals surface area contributed by atoms with Gasteiger partial charge in [-0.2, -0.15) is 5.10 Å². The molecule has 1 aromatic heterocycles. The monoisotopic (exact) mass is 422 g/mol. The summed E-state index contributed by atoms with van der Waals surface area (Å²) in [6.07, 6.45) is -0.795. The number of aromatic amines is 1. The summed E-state index contributed by atoms with van der Waals surface area (Å²) in [6, 6.07) is 20.5. The van der Waals surface area contributed by atoms with Gasteiger partial charge in [0.2, 0.25) is 5.91 Å². The molecular formula is C22H22N4O5. The molecule has 0 aliphatic carbocycles. The van der Waals surface area contributed by atoms with Crippen LogP contribution in [-0.2, 0) is 25.7 Å². The number of carbonyl (C=O) groups excluding carboxylic acids is 2.